The van der Waals surface area contributed by atoms with Crippen molar-refractivity contribution in [3.05, 3.63) is 70.6 Å². The van der Waals surface area contributed by atoms with Gasteiger partial charge < -0.3 is 5.32 Å². The summed E-state index contributed by atoms with van der Waals surface area (Å²) in [4.78, 5) is 17.2. The molecule has 10 heteroatoms. The Kier molecular flexibility index (Phi) is 5.87. The number of hydrogen-bond donors (Lipinski definition) is 1. The number of benzene rings is 2. The van der Waals surface area contributed by atoms with Crippen molar-refractivity contribution in [1.82, 2.24) is 9.29 Å². The summed E-state index contributed by atoms with van der Waals surface area (Å²) < 4.78 is 54.0. The van der Waals surface area contributed by atoms with Gasteiger partial charge >= 0.3 is 0 Å². The van der Waals surface area contributed by atoms with Crippen LogP contribution in [0.4, 0.5) is 13.9 Å². The molecule has 4 rings (SSSR count). The predicted molar refractivity (Wildman–Crippen MR) is 115 cm³/mol. The molecule has 0 saturated heterocycles. The van der Waals surface area contributed by atoms with Crippen molar-refractivity contribution in [1.29, 1.82) is 0 Å². The second-order valence-corrected chi connectivity index (χ2v) is 10.2. The summed E-state index contributed by atoms with van der Waals surface area (Å²) in [6.07, 6.45) is 0.234. The standard InChI is InChI=1S/C21H19F2N3O3S2/c1-2-31(28,29)26-11-14-6-4-3-5-13(14)9-19(26)20(27)25-21-24-18(12-30-21)16-10-15(22)7-8-17(16)23/h3-8,10,12,19H,2,9,11H2,1H3,(H,24,25,27). The first-order valence-corrected chi connectivity index (χ1v) is 12.1. The lowest BCUT2D eigenvalue weighted by Gasteiger charge is -2.34. The minimum Gasteiger partial charge on any atom is -0.301 e. The summed E-state index contributed by atoms with van der Waals surface area (Å²) in [5, 5.41) is 4.32. The summed E-state index contributed by atoms with van der Waals surface area (Å²) in [6.45, 7) is 1.65. The highest BCUT2D eigenvalue weighted by molar-refractivity contribution is 7.89. The predicted octanol–water partition coefficient (Wildman–Crippen LogP) is 3.80. The molecular weight excluding hydrogens is 444 g/mol. The minimum atomic E-state index is -3.63. The van der Waals surface area contributed by atoms with Gasteiger partial charge in [0.1, 0.15) is 17.7 Å². The van der Waals surface area contributed by atoms with Gasteiger partial charge in [-0.2, -0.15) is 4.31 Å². The SMILES string of the molecule is CCS(=O)(=O)N1Cc2ccccc2CC1C(=O)Nc1nc(-c2cc(F)ccc2F)cs1. The van der Waals surface area contributed by atoms with Crippen LogP contribution in [0.15, 0.2) is 47.8 Å². The van der Waals surface area contributed by atoms with Crippen molar-refractivity contribution < 1.29 is 22.0 Å². The zero-order valence-corrected chi connectivity index (χ0v) is 18.1. The first kappa shape index (κ1) is 21.5. The second kappa shape index (κ2) is 8.45. The highest BCUT2D eigenvalue weighted by atomic mass is 32.2. The molecule has 1 atom stereocenters. The number of hydrogen-bond acceptors (Lipinski definition) is 5. The first-order valence-electron chi connectivity index (χ1n) is 9.56. The van der Waals surface area contributed by atoms with Crippen LogP contribution in [0, 0.1) is 11.6 Å². The number of nitrogens with one attached hydrogen (secondary N) is 1. The number of rotatable bonds is 5. The smallest absolute Gasteiger partial charge is 0.244 e. The molecule has 1 aliphatic heterocycles. The summed E-state index contributed by atoms with van der Waals surface area (Å²) in [5.74, 6) is -1.88. The Bertz CT molecular complexity index is 1240. The van der Waals surface area contributed by atoms with E-state index in [4.69, 9.17) is 0 Å². The molecule has 162 valence electrons. The maximum atomic E-state index is 14.0. The summed E-state index contributed by atoms with van der Waals surface area (Å²) >= 11 is 1.05. The van der Waals surface area contributed by atoms with Gasteiger partial charge in [-0.15, -0.1) is 11.3 Å². The van der Waals surface area contributed by atoms with E-state index in [2.05, 4.69) is 10.3 Å². The topological polar surface area (TPSA) is 79.4 Å². The van der Waals surface area contributed by atoms with E-state index in [9.17, 15) is 22.0 Å². The average molecular weight is 464 g/mol. The van der Waals surface area contributed by atoms with Gasteiger partial charge in [-0.1, -0.05) is 24.3 Å². The van der Waals surface area contributed by atoms with Crippen LogP contribution in [0.3, 0.4) is 0 Å². The van der Waals surface area contributed by atoms with Crippen molar-refractivity contribution in [3.63, 3.8) is 0 Å². The largest absolute Gasteiger partial charge is 0.301 e. The number of nitrogens with zero attached hydrogens (tertiary/aromatic N) is 2. The Labute approximate surface area is 182 Å². The molecule has 1 aromatic heterocycles. The molecule has 1 amide bonds. The minimum absolute atomic E-state index is 0.0152. The molecule has 1 unspecified atom stereocenters. The quantitative estimate of drug-likeness (QED) is 0.624. The van der Waals surface area contributed by atoms with Crippen LogP contribution in [0.1, 0.15) is 18.1 Å². The maximum absolute atomic E-state index is 14.0. The Morgan fingerprint density at radius 1 is 1.23 bits per heavy atom. The van der Waals surface area contributed by atoms with Crippen LogP contribution in [0.25, 0.3) is 11.3 Å². The lowest BCUT2D eigenvalue weighted by Crippen LogP contribution is -2.51. The molecule has 6 nitrogen and oxygen atoms in total. The molecule has 2 aromatic carbocycles. The Balaban J connectivity index is 1.60. The van der Waals surface area contributed by atoms with Gasteiger partial charge in [-0.25, -0.2) is 22.2 Å². The molecule has 31 heavy (non-hydrogen) atoms. The Hall–Kier alpha value is -2.69. The molecule has 0 spiro atoms. The summed E-state index contributed by atoms with van der Waals surface area (Å²) in [5.41, 5.74) is 1.94. The fourth-order valence-electron chi connectivity index (χ4n) is 3.52. The van der Waals surface area contributed by atoms with E-state index in [0.717, 1.165) is 40.7 Å². The molecule has 2 heterocycles. The van der Waals surface area contributed by atoms with Crippen LogP contribution >= 0.6 is 11.3 Å². The number of halogens is 2. The fraction of sp³-hybridized carbons (Fsp3) is 0.238. The zero-order valence-electron chi connectivity index (χ0n) is 16.5. The molecule has 1 aliphatic rings. The second-order valence-electron chi connectivity index (χ2n) is 7.09. The van der Waals surface area contributed by atoms with Gasteiger partial charge in [0.15, 0.2) is 5.13 Å². The lowest BCUT2D eigenvalue weighted by atomic mass is 9.95. The third-order valence-electron chi connectivity index (χ3n) is 5.17. The van der Waals surface area contributed by atoms with Gasteiger partial charge in [0.2, 0.25) is 15.9 Å². The van der Waals surface area contributed by atoms with Crippen LogP contribution in [0.2, 0.25) is 0 Å². The van der Waals surface area contributed by atoms with E-state index in [0.29, 0.717) is 0 Å². The van der Waals surface area contributed by atoms with Crippen LogP contribution in [0.5, 0.6) is 0 Å². The van der Waals surface area contributed by atoms with Crippen molar-refractivity contribution in [2.45, 2.75) is 25.9 Å². The van der Waals surface area contributed by atoms with Gasteiger partial charge in [0.05, 0.1) is 11.4 Å². The molecule has 0 aliphatic carbocycles. The van der Waals surface area contributed by atoms with E-state index >= 15 is 0 Å². The maximum Gasteiger partial charge on any atom is 0.244 e. The van der Waals surface area contributed by atoms with Crippen LogP contribution < -0.4 is 5.32 Å². The van der Waals surface area contributed by atoms with Crippen molar-refractivity contribution in [2.75, 3.05) is 11.1 Å². The summed E-state index contributed by atoms with van der Waals surface area (Å²) in [7, 11) is -3.63. The molecule has 3 aromatic rings. The Morgan fingerprint density at radius 2 is 1.97 bits per heavy atom. The lowest BCUT2D eigenvalue weighted by molar-refractivity contribution is -0.120. The highest BCUT2D eigenvalue weighted by Crippen LogP contribution is 2.30. The zero-order chi connectivity index (χ0) is 22.2. The number of carbonyl (C=O) groups is 1. The van der Waals surface area contributed by atoms with E-state index in [1.54, 1.807) is 0 Å². The van der Waals surface area contributed by atoms with Gasteiger partial charge in [0, 0.05) is 17.5 Å². The van der Waals surface area contributed by atoms with Crippen molar-refractivity contribution in [3.8, 4) is 11.3 Å². The number of fused-ring (bicyclic) bond motifs is 1. The average Bonchev–Trinajstić information content (AvgIpc) is 3.22. The summed E-state index contributed by atoms with van der Waals surface area (Å²) in [6, 6.07) is 9.52. The number of thiazole rings is 1. The normalized spacial score (nSPS) is 16.7. The number of amides is 1. The first-order chi connectivity index (χ1) is 14.8. The number of carbonyl (C=O) groups excluding carboxylic acids is 1. The van der Waals surface area contributed by atoms with E-state index in [1.807, 2.05) is 24.3 Å². The molecule has 0 fully saturated rings. The van der Waals surface area contributed by atoms with E-state index < -0.39 is 33.6 Å². The molecule has 0 bridgehead atoms. The monoisotopic (exact) mass is 463 g/mol. The van der Waals surface area contributed by atoms with Crippen molar-refractivity contribution in [2.24, 2.45) is 0 Å². The molecule has 0 saturated carbocycles. The third kappa shape index (κ3) is 4.36. The highest BCUT2D eigenvalue weighted by Gasteiger charge is 2.38. The molecular formula is C21H19F2N3O3S2. The Morgan fingerprint density at radius 3 is 2.71 bits per heavy atom. The van der Waals surface area contributed by atoms with E-state index in [-0.39, 0.29) is 35.1 Å². The number of aromatic nitrogens is 1. The van der Waals surface area contributed by atoms with Gasteiger partial charge in [0.25, 0.3) is 0 Å². The molecule has 0 radical (unpaired) electrons. The fourth-order valence-corrected chi connectivity index (χ4v) is 5.46. The van der Waals surface area contributed by atoms with E-state index in [1.165, 1.54) is 16.6 Å². The molecule has 1 N–H and O–H groups in total. The third-order valence-corrected chi connectivity index (χ3v) is 7.75. The van der Waals surface area contributed by atoms with Crippen LogP contribution in [-0.2, 0) is 27.8 Å². The van der Waals surface area contributed by atoms with Gasteiger partial charge in [-0.3, -0.25) is 4.79 Å². The number of anilines is 1. The van der Waals surface area contributed by atoms with Gasteiger partial charge in [-0.05, 0) is 42.7 Å². The van der Waals surface area contributed by atoms with Crippen LogP contribution in [-0.4, -0.2) is 35.4 Å². The van der Waals surface area contributed by atoms with Crippen molar-refractivity contribution >= 4 is 32.4 Å². The number of sulfonamides is 1.